The third-order valence-electron chi connectivity index (χ3n) is 6.71. The summed E-state index contributed by atoms with van der Waals surface area (Å²) in [4.78, 5) is 64.7. The van der Waals surface area contributed by atoms with Crippen LogP contribution >= 0.6 is 11.8 Å². The van der Waals surface area contributed by atoms with Gasteiger partial charge >= 0.3 is 0 Å². The van der Waals surface area contributed by atoms with E-state index in [4.69, 9.17) is 4.74 Å². The van der Waals surface area contributed by atoms with E-state index in [-0.39, 0.29) is 22.0 Å². The molecule has 0 saturated carbocycles. The van der Waals surface area contributed by atoms with Crippen molar-refractivity contribution < 1.29 is 28.8 Å². The first-order valence-corrected chi connectivity index (χ1v) is 14.6. The predicted octanol–water partition coefficient (Wildman–Crippen LogP) is 5.44. The van der Waals surface area contributed by atoms with Gasteiger partial charge in [0, 0.05) is 53.9 Å². The summed E-state index contributed by atoms with van der Waals surface area (Å²) in [5.41, 5.74) is 2.77. The maximum atomic E-state index is 13.2. The Morgan fingerprint density at radius 2 is 1.75 bits per heavy atom. The molecule has 1 fully saturated rings. The number of amides is 4. The zero-order chi connectivity index (χ0) is 31.8. The number of non-ortho nitro benzene ring substituents is 1. The van der Waals surface area contributed by atoms with Crippen LogP contribution in [0.2, 0.25) is 0 Å². The minimum absolute atomic E-state index is 0.0974. The number of carbonyl (C=O) groups is 4. The first-order valence-electron chi connectivity index (χ1n) is 13.8. The molecule has 2 N–H and O–H groups in total. The molecule has 4 amide bonds. The highest BCUT2D eigenvalue weighted by molar-refractivity contribution is 8.18. The topological polar surface area (TPSA) is 151 Å². The van der Waals surface area contributed by atoms with E-state index in [1.807, 2.05) is 39.0 Å². The Morgan fingerprint density at radius 1 is 1.00 bits per heavy atom. The second-order valence-corrected chi connectivity index (χ2v) is 10.7. The predicted molar refractivity (Wildman–Crippen MR) is 170 cm³/mol. The van der Waals surface area contributed by atoms with Gasteiger partial charge in [-0.2, -0.15) is 0 Å². The van der Waals surface area contributed by atoms with E-state index in [2.05, 4.69) is 15.5 Å². The van der Waals surface area contributed by atoms with Crippen LogP contribution in [0, 0.1) is 17.0 Å². The van der Waals surface area contributed by atoms with E-state index < -0.39 is 41.0 Å². The smallest absolute Gasteiger partial charge is 0.294 e. The van der Waals surface area contributed by atoms with Crippen LogP contribution in [0.4, 0.5) is 27.5 Å². The molecule has 0 spiro atoms. The number of para-hydroxylation sites is 1. The zero-order valence-electron chi connectivity index (χ0n) is 24.4. The molecule has 0 bridgehead atoms. The maximum absolute atomic E-state index is 13.2. The number of anilines is 3. The Balaban J connectivity index is 1.52. The van der Waals surface area contributed by atoms with Gasteiger partial charge in [0.05, 0.1) is 9.83 Å². The van der Waals surface area contributed by atoms with E-state index >= 15 is 0 Å². The average molecular weight is 618 g/mol. The van der Waals surface area contributed by atoms with Gasteiger partial charge in [-0.25, -0.2) is 0 Å². The van der Waals surface area contributed by atoms with Crippen LogP contribution in [0.15, 0.2) is 71.6 Å². The van der Waals surface area contributed by atoms with Gasteiger partial charge in [0.25, 0.3) is 22.7 Å². The lowest BCUT2D eigenvalue weighted by Gasteiger charge is -2.22. The standard InChI is InChI=1S/C31H31N5O7S/c1-4-34(5-2)23-14-13-21(26(17-23)43-19-29(38)32-22-10-8-11-24(16-22)36(41)42)15-27-30(39)35(31(40)44-27)18-28(37)33-25-12-7-6-9-20(25)3/h6-17H,4-5,18-19H2,1-3H3,(H,32,38)(H,33,37)/b27-15+. The van der Waals surface area contributed by atoms with Crippen LogP contribution in [-0.4, -0.2) is 59.0 Å². The summed E-state index contributed by atoms with van der Waals surface area (Å²) in [5, 5.41) is 15.8. The normalized spacial score (nSPS) is 13.6. The molecule has 1 aliphatic heterocycles. The van der Waals surface area contributed by atoms with E-state index in [1.54, 1.807) is 24.3 Å². The van der Waals surface area contributed by atoms with Crippen LogP contribution in [0.25, 0.3) is 6.08 Å². The fraction of sp³-hybridized carbons (Fsp3) is 0.226. The van der Waals surface area contributed by atoms with Crippen molar-refractivity contribution in [1.82, 2.24) is 4.90 Å². The van der Waals surface area contributed by atoms with Crippen LogP contribution in [0.1, 0.15) is 25.0 Å². The lowest BCUT2D eigenvalue weighted by Crippen LogP contribution is -2.36. The molecule has 13 heteroatoms. The third kappa shape index (κ3) is 7.81. The molecule has 0 aromatic heterocycles. The SMILES string of the molecule is CCN(CC)c1ccc(/C=C2/SC(=O)N(CC(=O)Nc3ccccc3C)C2=O)c(OCC(=O)Nc2cccc([N+](=O)[O-])c2)c1. The summed E-state index contributed by atoms with van der Waals surface area (Å²) < 4.78 is 5.87. The first-order chi connectivity index (χ1) is 21.1. The second kappa shape index (κ2) is 14.3. The second-order valence-electron chi connectivity index (χ2n) is 9.67. The molecule has 1 aliphatic rings. The number of hydrogen-bond acceptors (Lipinski definition) is 9. The molecule has 44 heavy (non-hydrogen) atoms. The number of aryl methyl sites for hydroxylation is 1. The summed E-state index contributed by atoms with van der Waals surface area (Å²) in [6.07, 6.45) is 1.49. The van der Waals surface area contributed by atoms with E-state index in [0.29, 0.717) is 36.1 Å². The molecule has 3 aromatic rings. The maximum Gasteiger partial charge on any atom is 0.294 e. The lowest BCUT2D eigenvalue weighted by atomic mass is 10.1. The Morgan fingerprint density at radius 3 is 2.45 bits per heavy atom. The molecular formula is C31H31N5O7S. The molecule has 12 nitrogen and oxygen atoms in total. The van der Waals surface area contributed by atoms with E-state index in [9.17, 15) is 29.3 Å². The van der Waals surface area contributed by atoms with Crippen molar-refractivity contribution in [2.24, 2.45) is 0 Å². The molecule has 0 atom stereocenters. The quantitative estimate of drug-likeness (QED) is 0.154. The first kappa shape index (κ1) is 31.8. The van der Waals surface area contributed by atoms with Crippen molar-refractivity contribution in [2.75, 3.05) is 41.8 Å². The van der Waals surface area contributed by atoms with Crippen LogP contribution in [-0.2, 0) is 14.4 Å². The van der Waals surface area contributed by atoms with Gasteiger partial charge in [-0.3, -0.25) is 34.2 Å². The minimum atomic E-state index is -0.623. The molecule has 0 radical (unpaired) electrons. The molecule has 0 unspecified atom stereocenters. The molecular weight excluding hydrogens is 586 g/mol. The zero-order valence-corrected chi connectivity index (χ0v) is 25.2. The molecule has 0 aliphatic carbocycles. The highest BCUT2D eigenvalue weighted by Crippen LogP contribution is 2.35. The molecule has 1 saturated heterocycles. The van der Waals surface area contributed by atoms with Crippen LogP contribution in [0.3, 0.4) is 0 Å². The summed E-state index contributed by atoms with van der Waals surface area (Å²) in [6, 6.07) is 18.0. The summed E-state index contributed by atoms with van der Waals surface area (Å²) in [7, 11) is 0. The number of rotatable bonds is 12. The number of nitro groups is 1. The summed E-state index contributed by atoms with van der Waals surface area (Å²) in [6.45, 7) is 6.38. The van der Waals surface area contributed by atoms with Gasteiger partial charge in [0.1, 0.15) is 12.3 Å². The number of imide groups is 1. The summed E-state index contributed by atoms with van der Waals surface area (Å²) >= 11 is 0.704. The Kier molecular flexibility index (Phi) is 10.3. The van der Waals surface area contributed by atoms with Gasteiger partial charge in [-0.1, -0.05) is 24.3 Å². The van der Waals surface area contributed by atoms with Gasteiger partial charge in [-0.15, -0.1) is 0 Å². The van der Waals surface area contributed by atoms with E-state index in [0.717, 1.165) is 16.2 Å². The van der Waals surface area contributed by atoms with Gasteiger partial charge in [-0.05, 0) is 68.4 Å². The fourth-order valence-electron chi connectivity index (χ4n) is 4.41. The van der Waals surface area contributed by atoms with Crippen molar-refractivity contribution in [1.29, 1.82) is 0 Å². The number of carbonyl (C=O) groups excluding carboxylic acids is 4. The van der Waals surface area contributed by atoms with Gasteiger partial charge in [0.2, 0.25) is 5.91 Å². The number of benzene rings is 3. The number of nitrogens with zero attached hydrogens (tertiary/aromatic N) is 3. The Bertz CT molecular complexity index is 1640. The van der Waals surface area contributed by atoms with Crippen molar-refractivity contribution in [3.05, 3.63) is 92.9 Å². The minimum Gasteiger partial charge on any atom is -0.483 e. The largest absolute Gasteiger partial charge is 0.483 e. The van der Waals surface area contributed by atoms with Gasteiger partial charge in [0.15, 0.2) is 6.61 Å². The monoisotopic (exact) mass is 617 g/mol. The van der Waals surface area contributed by atoms with E-state index in [1.165, 1.54) is 30.3 Å². The number of ether oxygens (including phenoxy) is 1. The Hall–Kier alpha value is -5.17. The third-order valence-corrected chi connectivity index (χ3v) is 7.61. The molecule has 3 aromatic carbocycles. The van der Waals surface area contributed by atoms with Gasteiger partial charge < -0.3 is 20.3 Å². The number of hydrogen-bond donors (Lipinski definition) is 2. The average Bonchev–Trinajstić information content (AvgIpc) is 3.26. The number of nitro benzene ring substituents is 1. The van der Waals surface area contributed by atoms with Crippen molar-refractivity contribution >= 4 is 63.5 Å². The van der Waals surface area contributed by atoms with Crippen molar-refractivity contribution in [3.63, 3.8) is 0 Å². The van der Waals surface area contributed by atoms with Crippen LogP contribution in [0.5, 0.6) is 5.75 Å². The van der Waals surface area contributed by atoms with Crippen molar-refractivity contribution in [2.45, 2.75) is 20.8 Å². The number of nitrogens with one attached hydrogen (secondary N) is 2. The van der Waals surface area contributed by atoms with Crippen molar-refractivity contribution in [3.8, 4) is 5.75 Å². The fourth-order valence-corrected chi connectivity index (χ4v) is 5.24. The lowest BCUT2D eigenvalue weighted by molar-refractivity contribution is -0.384. The summed E-state index contributed by atoms with van der Waals surface area (Å²) in [5.74, 6) is -1.40. The molecule has 228 valence electrons. The molecule has 1 heterocycles. The number of thioether (sulfide) groups is 1. The highest BCUT2D eigenvalue weighted by atomic mass is 32.2. The molecule has 4 rings (SSSR count). The van der Waals surface area contributed by atoms with Crippen LogP contribution < -0.4 is 20.3 Å². The highest BCUT2D eigenvalue weighted by Gasteiger charge is 2.36. The Labute approximate surface area is 258 Å².